The number of aromatic nitrogens is 5. The van der Waals surface area contributed by atoms with Gasteiger partial charge in [-0.15, -0.1) is 0 Å². The van der Waals surface area contributed by atoms with Gasteiger partial charge in [-0.25, -0.2) is 23.9 Å². The van der Waals surface area contributed by atoms with Gasteiger partial charge in [-0.2, -0.15) is 0 Å². The van der Waals surface area contributed by atoms with Gasteiger partial charge in [-0.05, 0) is 83.6 Å². The predicted octanol–water partition coefficient (Wildman–Crippen LogP) is 6.68. The molecule has 5 aromatic rings. The fourth-order valence-corrected chi connectivity index (χ4v) is 6.98. The number of H-pyrrole nitrogens is 1. The Labute approximate surface area is 280 Å². The molecular formula is C34H37FN8O4S. The molecule has 12 nitrogen and oxygen atoms in total. The summed E-state index contributed by atoms with van der Waals surface area (Å²) in [7, 11) is 1.55. The van der Waals surface area contributed by atoms with Gasteiger partial charge in [0.2, 0.25) is 0 Å². The zero-order valence-electron chi connectivity index (χ0n) is 27.8. The summed E-state index contributed by atoms with van der Waals surface area (Å²) in [5, 5.41) is 4.67. The van der Waals surface area contributed by atoms with Crippen molar-refractivity contribution in [1.29, 1.82) is 0 Å². The maximum Gasteiger partial charge on any atom is 0.414 e. The summed E-state index contributed by atoms with van der Waals surface area (Å²) in [6.07, 6.45) is 2.44. The van der Waals surface area contributed by atoms with Gasteiger partial charge >= 0.3 is 12.2 Å². The van der Waals surface area contributed by atoms with Crippen molar-refractivity contribution in [3.8, 4) is 0 Å². The van der Waals surface area contributed by atoms with Crippen molar-refractivity contribution < 1.29 is 23.5 Å². The lowest BCUT2D eigenvalue weighted by molar-refractivity contribution is 0.0516. The molecule has 2 atom stereocenters. The lowest BCUT2D eigenvalue weighted by atomic mass is 10.1. The van der Waals surface area contributed by atoms with Crippen LogP contribution in [-0.2, 0) is 9.47 Å². The smallest absolute Gasteiger partial charge is 0.414 e. The Morgan fingerprint density at radius 2 is 1.75 bits per heavy atom. The Balaban J connectivity index is 1.27. The molecule has 7 rings (SSSR count). The second-order valence-electron chi connectivity index (χ2n) is 14.3. The number of carbonyl (C=O) groups is 2. The number of benzene rings is 1. The maximum absolute atomic E-state index is 15.3. The molecule has 2 aliphatic rings. The van der Waals surface area contributed by atoms with Crippen LogP contribution in [-0.4, -0.2) is 74.5 Å². The van der Waals surface area contributed by atoms with Gasteiger partial charge in [0.05, 0.1) is 27.6 Å². The monoisotopic (exact) mass is 672 g/mol. The van der Waals surface area contributed by atoms with Gasteiger partial charge in [0, 0.05) is 60.7 Å². The molecule has 0 bridgehead atoms. The highest BCUT2D eigenvalue weighted by molar-refractivity contribution is 7.99. The fraction of sp³-hybridized carbons (Fsp3) is 0.412. The fourth-order valence-electron chi connectivity index (χ4n) is 6.23. The molecule has 48 heavy (non-hydrogen) atoms. The van der Waals surface area contributed by atoms with Crippen molar-refractivity contribution in [2.24, 2.45) is 11.8 Å². The number of nitrogens with one attached hydrogen (secondary N) is 2. The van der Waals surface area contributed by atoms with Crippen LogP contribution < -0.4 is 15.1 Å². The average Bonchev–Trinajstić information content (AvgIpc) is 3.29. The molecule has 2 N–H and O–H groups in total. The molecule has 1 aliphatic carbocycles. The van der Waals surface area contributed by atoms with Crippen LogP contribution in [0.25, 0.3) is 33.0 Å². The number of aromatic amines is 1. The van der Waals surface area contributed by atoms with Crippen molar-refractivity contribution in [1.82, 2.24) is 30.2 Å². The van der Waals surface area contributed by atoms with Crippen LogP contribution in [0.3, 0.4) is 0 Å². The maximum atomic E-state index is 15.3. The molecule has 2 amide bonds. The van der Waals surface area contributed by atoms with Gasteiger partial charge in [0.1, 0.15) is 28.5 Å². The standard InChI is InChI=1S/C34H37FN8O4S/c1-33(2,3)46-31(44)39-26-20-15-43(16-21(20)26)29-25-19-11-17(35)12-24(42(7)32(45)47-34(4,5)6)27(19)38-28(25)40-30(41-29)48-18-13-23-22(37-14-18)9-8-10-36-23/h8-14,20-21,26H,15-16H2,1-7H3,(H,39,44)(H,38,40,41). The van der Waals surface area contributed by atoms with Crippen molar-refractivity contribution in [3.63, 3.8) is 0 Å². The Kier molecular flexibility index (Phi) is 7.61. The van der Waals surface area contributed by atoms with Crippen molar-refractivity contribution in [2.75, 3.05) is 29.9 Å². The minimum absolute atomic E-state index is 0.00735. The number of nitrogens with zero attached hydrogens (tertiary/aromatic N) is 6. The molecule has 1 saturated heterocycles. The summed E-state index contributed by atoms with van der Waals surface area (Å²) in [4.78, 5) is 52.0. The molecule has 1 aromatic carbocycles. The normalized spacial score (nSPS) is 19.1. The molecule has 250 valence electrons. The van der Waals surface area contributed by atoms with Crippen LogP contribution in [0.5, 0.6) is 0 Å². The van der Waals surface area contributed by atoms with E-state index in [1.807, 2.05) is 39.0 Å². The van der Waals surface area contributed by atoms with Crippen molar-refractivity contribution in [2.45, 2.75) is 68.8 Å². The molecule has 1 aliphatic heterocycles. The minimum atomic E-state index is -0.733. The third-order valence-corrected chi connectivity index (χ3v) is 9.13. The van der Waals surface area contributed by atoms with E-state index in [-0.39, 0.29) is 17.9 Å². The number of amides is 2. The van der Waals surface area contributed by atoms with E-state index in [1.54, 1.807) is 40.2 Å². The highest BCUT2D eigenvalue weighted by Gasteiger charge is 2.57. The summed E-state index contributed by atoms with van der Waals surface area (Å²) >= 11 is 1.35. The van der Waals surface area contributed by atoms with Crippen LogP contribution in [0.4, 0.5) is 25.5 Å². The average molecular weight is 673 g/mol. The predicted molar refractivity (Wildman–Crippen MR) is 182 cm³/mol. The molecule has 2 unspecified atom stereocenters. The van der Waals surface area contributed by atoms with Crippen molar-refractivity contribution >= 4 is 68.4 Å². The molecule has 5 heterocycles. The third-order valence-electron chi connectivity index (χ3n) is 8.31. The summed E-state index contributed by atoms with van der Waals surface area (Å²) in [6.45, 7) is 12.1. The zero-order valence-corrected chi connectivity index (χ0v) is 28.6. The number of fused-ring (bicyclic) bond motifs is 5. The van der Waals surface area contributed by atoms with E-state index in [0.717, 1.165) is 15.9 Å². The molecule has 0 radical (unpaired) electrons. The highest BCUT2D eigenvalue weighted by Crippen LogP contribution is 2.49. The molecular weight excluding hydrogens is 635 g/mol. The van der Waals surface area contributed by atoms with Crippen LogP contribution in [0.15, 0.2) is 52.8 Å². The second-order valence-corrected chi connectivity index (χ2v) is 15.3. The molecule has 1 saturated carbocycles. The number of hydrogen-bond acceptors (Lipinski definition) is 10. The molecule has 0 spiro atoms. The van der Waals surface area contributed by atoms with Crippen LogP contribution in [0.2, 0.25) is 0 Å². The largest absolute Gasteiger partial charge is 0.444 e. The Morgan fingerprint density at radius 1 is 1.02 bits per heavy atom. The second kappa shape index (κ2) is 11.5. The van der Waals surface area contributed by atoms with E-state index in [2.05, 4.69) is 25.2 Å². The zero-order chi connectivity index (χ0) is 34.1. The lowest BCUT2D eigenvalue weighted by Crippen LogP contribution is -2.38. The molecule has 2 fully saturated rings. The number of piperidine rings is 1. The van der Waals surface area contributed by atoms with Gasteiger partial charge in [0.25, 0.3) is 0 Å². The quantitative estimate of drug-likeness (QED) is 0.195. The van der Waals surface area contributed by atoms with Gasteiger partial charge in [-0.1, -0.05) is 0 Å². The van der Waals surface area contributed by atoms with Crippen LogP contribution in [0, 0.1) is 17.7 Å². The van der Waals surface area contributed by atoms with Crippen LogP contribution in [0.1, 0.15) is 41.5 Å². The lowest BCUT2D eigenvalue weighted by Gasteiger charge is -2.25. The first kappa shape index (κ1) is 31.9. The van der Waals surface area contributed by atoms with E-state index in [9.17, 15) is 9.59 Å². The van der Waals surface area contributed by atoms with Gasteiger partial charge < -0.3 is 24.7 Å². The van der Waals surface area contributed by atoms with Gasteiger partial charge in [0.15, 0.2) is 5.16 Å². The van der Waals surface area contributed by atoms with E-state index < -0.39 is 29.2 Å². The number of rotatable bonds is 5. The number of carbonyl (C=O) groups excluding carboxylic acids is 2. The summed E-state index contributed by atoms with van der Waals surface area (Å²) in [6, 6.07) is 8.42. The molecule has 14 heteroatoms. The van der Waals surface area contributed by atoms with E-state index >= 15 is 4.39 Å². The Hall–Kier alpha value is -4.72. The Bertz CT molecular complexity index is 2080. The number of pyridine rings is 2. The number of anilines is 2. The Morgan fingerprint density at radius 3 is 2.46 bits per heavy atom. The van der Waals surface area contributed by atoms with Crippen molar-refractivity contribution in [3.05, 3.63) is 48.5 Å². The first-order valence-corrected chi connectivity index (χ1v) is 16.6. The molecule has 4 aromatic heterocycles. The number of hydrogen-bond donors (Lipinski definition) is 2. The number of halogens is 1. The summed E-state index contributed by atoms with van der Waals surface area (Å²) in [5.41, 5.74) is 1.56. The SMILES string of the molecule is CN(C(=O)OC(C)(C)C)c1cc(F)cc2c1[nH]c1nc(Sc3cnc4cccnc4c3)nc(N3CC4C(C3)C4NC(=O)OC(C)(C)C)c12. The minimum Gasteiger partial charge on any atom is -0.444 e. The highest BCUT2D eigenvalue weighted by atomic mass is 32.2. The summed E-state index contributed by atoms with van der Waals surface area (Å²) < 4.78 is 26.4. The van der Waals surface area contributed by atoms with E-state index in [4.69, 9.17) is 19.4 Å². The first-order chi connectivity index (χ1) is 22.6. The topological polar surface area (TPSA) is 138 Å². The van der Waals surface area contributed by atoms with Gasteiger partial charge in [-0.3, -0.25) is 14.9 Å². The van der Waals surface area contributed by atoms with E-state index in [0.29, 0.717) is 51.7 Å². The van der Waals surface area contributed by atoms with E-state index in [1.165, 1.54) is 28.8 Å². The summed E-state index contributed by atoms with van der Waals surface area (Å²) in [5.74, 6) is 0.551. The van der Waals surface area contributed by atoms with Crippen LogP contribution >= 0.6 is 11.8 Å². The number of ether oxygens (including phenoxy) is 2. The first-order valence-electron chi connectivity index (χ1n) is 15.8. The third kappa shape index (κ3) is 6.28. The number of alkyl carbamates (subject to hydrolysis) is 1.